The van der Waals surface area contributed by atoms with Gasteiger partial charge in [-0.15, -0.1) is 0 Å². The first-order valence-corrected chi connectivity index (χ1v) is 12.9. The van der Waals surface area contributed by atoms with Gasteiger partial charge < -0.3 is 10.6 Å². The number of hydrogen-bond donors (Lipinski definition) is 2. The van der Waals surface area contributed by atoms with Crippen LogP contribution < -0.4 is 10.6 Å². The monoisotopic (exact) mass is 521 g/mol. The zero-order valence-corrected chi connectivity index (χ0v) is 21.7. The first-order valence-electron chi connectivity index (χ1n) is 12.9. The van der Waals surface area contributed by atoms with Gasteiger partial charge in [-0.25, -0.2) is 0 Å². The fourth-order valence-electron chi connectivity index (χ4n) is 7.68. The lowest BCUT2D eigenvalue weighted by Crippen LogP contribution is -2.57. The molecular weight excluding hydrogens is 490 g/mol. The lowest BCUT2D eigenvalue weighted by atomic mass is 9.46. The molecule has 0 saturated heterocycles. The number of aromatic nitrogens is 6. The van der Waals surface area contributed by atoms with Crippen LogP contribution in [0.4, 0.5) is 17.1 Å². The Bertz CT molecular complexity index is 1440. The van der Waals surface area contributed by atoms with Gasteiger partial charge in [0.15, 0.2) is 0 Å². The molecule has 3 heterocycles. The van der Waals surface area contributed by atoms with Gasteiger partial charge in [-0.2, -0.15) is 15.3 Å². The number of aryl methyl sites for hydroxylation is 2. The Balaban J connectivity index is 1.20. The molecule has 4 aliphatic rings. The lowest BCUT2D eigenvalue weighted by Gasteiger charge is -2.61. The Morgan fingerprint density at radius 3 is 2.34 bits per heavy atom. The quantitative estimate of drug-likeness (QED) is 0.357. The van der Waals surface area contributed by atoms with Gasteiger partial charge in [0.1, 0.15) is 18.1 Å². The molecule has 2 unspecified atom stereocenters. The fourth-order valence-corrected chi connectivity index (χ4v) is 7.68. The second kappa shape index (κ2) is 8.50. The van der Waals surface area contributed by atoms with Crippen LogP contribution in [-0.2, 0) is 24.4 Å². The number of nitro groups is 1. The van der Waals surface area contributed by atoms with E-state index in [1.165, 1.54) is 17.1 Å². The van der Waals surface area contributed by atoms with Gasteiger partial charge in [-0.05, 0) is 62.7 Å². The molecule has 0 spiro atoms. The van der Waals surface area contributed by atoms with Crippen molar-refractivity contribution < 1.29 is 14.5 Å². The Hall–Kier alpha value is -4.03. The van der Waals surface area contributed by atoms with E-state index in [9.17, 15) is 19.7 Å². The molecule has 3 aromatic heterocycles. The van der Waals surface area contributed by atoms with Crippen molar-refractivity contribution in [3.63, 3.8) is 0 Å². The number of nitrogens with one attached hydrogen (secondary N) is 2. The summed E-state index contributed by atoms with van der Waals surface area (Å²) in [6.45, 7) is 1.86. The Labute approximate surface area is 218 Å². The maximum Gasteiger partial charge on any atom is 0.307 e. The van der Waals surface area contributed by atoms with Crippen molar-refractivity contribution in [2.75, 3.05) is 10.6 Å². The van der Waals surface area contributed by atoms with Gasteiger partial charge in [0, 0.05) is 20.5 Å². The minimum atomic E-state index is -0.412. The van der Waals surface area contributed by atoms with Crippen molar-refractivity contribution in [2.45, 2.75) is 57.4 Å². The van der Waals surface area contributed by atoms with Crippen LogP contribution in [0, 0.1) is 34.3 Å². The molecule has 4 aliphatic carbocycles. The van der Waals surface area contributed by atoms with Crippen molar-refractivity contribution >= 4 is 28.9 Å². The summed E-state index contributed by atoms with van der Waals surface area (Å²) in [6, 6.07) is 0. The minimum Gasteiger partial charge on any atom is -0.323 e. The molecule has 7 rings (SSSR count). The van der Waals surface area contributed by atoms with Gasteiger partial charge >= 0.3 is 5.69 Å². The molecule has 13 heteroatoms. The molecule has 200 valence electrons. The smallest absolute Gasteiger partial charge is 0.307 e. The summed E-state index contributed by atoms with van der Waals surface area (Å²) in [5, 5.41) is 29.8. The first-order chi connectivity index (χ1) is 18.1. The van der Waals surface area contributed by atoms with Crippen LogP contribution in [0.2, 0.25) is 0 Å². The largest absolute Gasteiger partial charge is 0.323 e. The molecule has 3 aromatic rings. The van der Waals surface area contributed by atoms with Crippen molar-refractivity contribution in [3.05, 3.63) is 46.3 Å². The van der Waals surface area contributed by atoms with Crippen LogP contribution in [0.1, 0.15) is 61.1 Å². The Morgan fingerprint density at radius 2 is 1.71 bits per heavy atom. The van der Waals surface area contributed by atoms with E-state index in [4.69, 9.17) is 0 Å². The van der Waals surface area contributed by atoms with Crippen LogP contribution >= 0.6 is 0 Å². The first kappa shape index (κ1) is 24.3. The average Bonchev–Trinajstić information content (AvgIpc) is 3.54. The number of carbonyl (C=O) groups excluding carboxylic acids is 2. The molecule has 0 radical (unpaired) electrons. The minimum absolute atomic E-state index is 0.00333. The van der Waals surface area contributed by atoms with Crippen LogP contribution in [0.25, 0.3) is 0 Å². The molecule has 0 aliphatic heterocycles. The molecule has 2 N–H and O–H groups in total. The maximum absolute atomic E-state index is 13.4. The van der Waals surface area contributed by atoms with Crippen LogP contribution in [0.5, 0.6) is 0 Å². The van der Waals surface area contributed by atoms with Crippen LogP contribution in [0.3, 0.4) is 0 Å². The summed E-state index contributed by atoms with van der Waals surface area (Å²) in [7, 11) is 3.45. The maximum atomic E-state index is 13.4. The molecule has 2 atom stereocenters. The number of anilines is 2. The van der Waals surface area contributed by atoms with Crippen molar-refractivity contribution in [1.29, 1.82) is 0 Å². The second-order valence-corrected chi connectivity index (χ2v) is 11.6. The topological polar surface area (TPSA) is 155 Å². The normalized spacial score (nSPS) is 27.4. The third-order valence-electron chi connectivity index (χ3n) is 8.86. The average molecular weight is 522 g/mol. The molecular formula is C25H31N9O4. The van der Waals surface area contributed by atoms with E-state index in [-0.39, 0.29) is 34.1 Å². The van der Waals surface area contributed by atoms with E-state index < -0.39 is 4.92 Å². The number of amides is 2. The van der Waals surface area contributed by atoms with Gasteiger partial charge in [0.25, 0.3) is 5.91 Å². The standard InChI is InChI=1S/C25H31N9O4/c1-15-19(11-26-31(15)2)30-23(36)22-20(12-27-32(22)3)29-21(35)9-24-5-16-4-17(6-24)8-25(7-16,14-24)33-13-18(10-28-33)34(37)38/h10-13,16-17H,4-9,14H2,1-3H3,(H,29,35)(H,30,36). The van der Waals surface area contributed by atoms with Crippen LogP contribution in [-0.4, -0.2) is 46.1 Å². The second-order valence-electron chi connectivity index (χ2n) is 11.6. The Kier molecular flexibility index (Phi) is 5.44. The zero-order valence-electron chi connectivity index (χ0n) is 21.7. The van der Waals surface area contributed by atoms with Crippen molar-refractivity contribution in [1.82, 2.24) is 29.3 Å². The highest BCUT2D eigenvalue weighted by Gasteiger charge is 2.59. The number of carbonyl (C=O) groups is 2. The number of nitrogens with zero attached hydrogens (tertiary/aromatic N) is 7. The predicted molar refractivity (Wildman–Crippen MR) is 136 cm³/mol. The SMILES string of the molecule is Cc1c(NC(=O)c2c(NC(=O)CC34CC5CC(C3)CC(n3cc([N+](=O)[O-])cn3)(C5)C4)cnn2C)cnn1C. The molecule has 13 nitrogen and oxygen atoms in total. The van der Waals surface area contributed by atoms with Crippen LogP contribution in [0.15, 0.2) is 24.8 Å². The summed E-state index contributed by atoms with van der Waals surface area (Å²) in [5.74, 6) is 0.392. The molecule has 4 bridgehead atoms. The summed E-state index contributed by atoms with van der Waals surface area (Å²) < 4.78 is 4.92. The summed E-state index contributed by atoms with van der Waals surface area (Å²) in [6.07, 6.45) is 12.0. The summed E-state index contributed by atoms with van der Waals surface area (Å²) in [5.41, 5.74) is 1.52. The molecule has 4 fully saturated rings. The zero-order chi connectivity index (χ0) is 26.8. The van der Waals surface area contributed by atoms with Gasteiger partial charge in [-0.1, -0.05) is 0 Å². The number of hydrogen-bond acceptors (Lipinski definition) is 7. The van der Waals surface area contributed by atoms with Gasteiger partial charge in [0.2, 0.25) is 5.91 Å². The van der Waals surface area contributed by atoms with E-state index in [1.807, 2.05) is 6.92 Å². The van der Waals surface area contributed by atoms with E-state index in [0.717, 1.165) is 44.2 Å². The van der Waals surface area contributed by atoms with E-state index in [0.29, 0.717) is 29.6 Å². The lowest BCUT2D eigenvalue weighted by molar-refractivity contribution is -0.385. The van der Waals surface area contributed by atoms with Gasteiger partial charge in [-0.3, -0.25) is 33.7 Å². The Morgan fingerprint density at radius 1 is 1.03 bits per heavy atom. The molecule has 4 saturated carbocycles. The highest BCUT2D eigenvalue weighted by molar-refractivity contribution is 6.09. The number of rotatable bonds is 7. The highest BCUT2D eigenvalue weighted by Crippen LogP contribution is 2.65. The molecule has 0 aromatic carbocycles. The van der Waals surface area contributed by atoms with Gasteiger partial charge in [0.05, 0.1) is 39.9 Å². The van der Waals surface area contributed by atoms with E-state index in [1.54, 1.807) is 35.9 Å². The third kappa shape index (κ3) is 3.96. The highest BCUT2D eigenvalue weighted by atomic mass is 16.6. The molecule has 38 heavy (non-hydrogen) atoms. The summed E-state index contributed by atoms with van der Waals surface area (Å²) >= 11 is 0. The van der Waals surface area contributed by atoms with E-state index in [2.05, 4.69) is 25.9 Å². The predicted octanol–water partition coefficient (Wildman–Crippen LogP) is 3.14. The summed E-state index contributed by atoms with van der Waals surface area (Å²) in [4.78, 5) is 37.4. The molecule has 2 amide bonds. The van der Waals surface area contributed by atoms with Crippen molar-refractivity contribution in [3.8, 4) is 0 Å². The van der Waals surface area contributed by atoms with Crippen molar-refractivity contribution in [2.24, 2.45) is 31.3 Å². The fraction of sp³-hybridized carbons (Fsp3) is 0.560. The third-order valence-corrected chi connectivity index (χ3v) is 8.86. The van der Waals surface area contributed by atoms with E-state index >= 15 is 0 Å².